The summed E-state index contributed by atoms with van der Waals surface area (Å²) in [5.74, 6) is 1.93. The number of nitrogens with one attached hydrogen (secondary N) is 1. The predicted molar refractivity (Wildman–Crippen MR) is 73.7 cm³/mol. The van der Waals surface area contributed by atoms with Gasteiger partial charge in [-0.3, -0.25) is 0 Å². The first-order valence-electron chi connectivity index (χ1n) is 6.83. The summed E-state index contributed by atoms with van der Waals surface area (Å²) >= 11 is 0. The van der Waals surface area contributed by atoms with Gasteiger partial charge in [0.2, 0.25) is 11.7 Å². The third kappa shape index (κ3) is 2.06. The van der Waals surface area contributed by atoms with E-state index in [4.69, 9.17) is 4.52 Å². The Kier molecular flexibility index (Phi) is 3.11. The van der Waals surface area contributed by atoms with Gasteiger partial charge in [0, 0.05) is 12.1 Å². The molecule has 1 saturated heterocycles. The molecule has 1 aliphatic heterocycles. The summed E-state index contributed by atoms with van der Waals surface area (Å²) in [7, 11) is 0. The maximum absolute atomic E-state index is 5.57. The van der Waals surface area contributed by atoms with Gasteiger partial charge in [-0.1, -0.05) is 49.3 Å². The summed E-state index contributed by atoms with van der Waals surface area (Å²) < 4.78 is 5.57. The maximum Gasteiger partial charge on any atom is 0.234 e. The fourth-order valence-corrected chi connectivity index (χ4v) is 2.76. The highest BCUT2D eigenvalue weighted by molar-refractivity contribution is 5.53. The monoisotopic (exact) mass is 257 g/mol. The lowest BCUT2D eigenvalue weighted by atomic mass is 9.76. The van der Waals surface area contributed by atoms with Crippen molar-refractivity contribution in [2.45, 2.75) is 25.7 Å². The van der Waals surface area contributed by atoms with E-state index in [9.17, 15) is 0 Å². The topological polar surface area (TPSA) is 51.0 Å². The van der Waals surface area contributed by atoms with Gasteiger partial charge in [-0.25, -0.2) is 0 Å². The highest BCUT2D eigenvalue weighted by Crippen LogP contribution is 2.37. The van der Waals surface area contributed by atoms with Gasteiger partial charge < -0.3 is 9.84 Å². The average Bonchev–Trinajstić information content (AvgIpc) is 3.09. The summed E-state index contributed by atoms with van der Waals surface area (Å²) in [4.78, 5) is 4.64. The van der Waals surface area contributed by atoms with E-state index in [0.717, 1.165) is 31.0 Å². The van der Waals surface area contributed by atoms with Gasteiger partial charge in [0.25, 0.3) is 0 Å². The summed E-state index contributed by atoms with van der Waals surface area (Å²) in [6.07, 6.45) is 1.06. The highest BCUT2D eigenvalue weighted by atomic mass is 16.5. The first kappa shape index (κ1) is 12.4. The number of hydrogen-bond acceptors (Lipinski definition) is 4. The molecule has 0 bridgehead atoms. The molecule has 2 heterocycles. The average molecular weight is 257 g/mol. The van der Waals surface area contributed by atoms with Crippen LogP contribution in [0.5, 0.6) is 0 Å². The van der Waals surface area contributed by atoms with Crippen molar-refractivity contribution >= 4 is 0 Å². The van der Waals surface area contributed by atoms with E-state index < -0.39 is 0 Å². The van der Waals surface area contributed by atoms with Crippen molar-refractivity contribution in [3.05, 3.63) is 36.2 Å². The van der Waals surface area contributed by atoms with Crippen LogP contribution in [0.4, 0.5) is 0 Å². The van der Waals surface area contributed by atoms with E-state index >= 15 is 0 Å². The third-order valence-electron chi connectivity index (χ3n) is 4.18. The number of nitrogens with zero attached hydrogens (tertiary/aromatic N) is 2. The molecule has 2 aromatic rings. The molecular formula is C15H19N3O. The third-order valence-corrected chi connectivity index (χ3v) is 4.18. The van der Waals surface area contributed by atoms with Crippen LogP contribution in [0, 0.1) is 5.92 Å². The molecule has 0 saturated carbocycles. The van der Waals surface area contributed by atoms with Crippen LogP contribution in [-0.4, -0.2) is 23.2 Å². The zero-order valence-electron chi connectivity index (χ0n) is 11.4. The standard InChI is InChI=1S/C15H19N3O/c1-11(2)15(8-9-16-10-15)14-17-13(18-19-14)12-6-4-3-5-7-12/h3-7,11,16H,8-10H2,1-2H3. The van der Waals surface area contributed by atoms with Gasteiger partial charge in [0.05, 0.1) is 5.41 Å². The lowest BCUT2D eigenvalue weighted by Crippen LogP contribution is -2.35. The van der Waals surface area contributed by atoms with E-state index in [1.165, 1.54) is 0 Å². The lowest BCUT2D eigenvalue weighted by molar-refractivity contribution is 0.234. The Balaban J connectivity index is 1.97. The Labute approximate surface area is 113 Å². The van der Waals surface area contributed by atoms with Gasteiger partial charge in [-0.15, -0.1) is 0 Å². The Bertz CT molecular complexity index is 542. The largest absolute Gasteiger partial charge is 0.338 e. The van der Waals surface area contributed by atoms with Crippen molar-refractivity contribution in [2.75, 3.05) is 13.1 Å². The van der Waals surface area contributed by atoms with Crippen molar-refractivity contribution in [1.82, 2.24) is 15.5 Å². The van der Waals surface area contributed by atoms with Gasteiger partial charge in [-0.2, -0.15) is 4.98 Å². The minimum absolute atomic E-state index is 0.0139. The zero-order chi connectivity index (χ0) is 13.3. The molecule has 1 atom stereocenters. The Hall–Kier alpha value is -1.68. The molecule has 19 heavy (non-hydrogen) atoms. The second kappa shape index (κ2) is 4.78. The molecule has 0 spiro atoms. The molecule has 0 radical (unpaired) electrons. The SMILES string of the molecule is CC(C)C1(c2nc(-c3ccccc3)no2)CCNC1. The van der Waals surface area contributed by atoms with Crippen molar-refractivity contribution in [2.24, 2.45) is 5.92 Å². The molecule has 1 unspecified atom stereocenters. The van der Waals surface area contributed by atoms with E-state index in [2.05, 4.69) is 29.3 Å². The second-order valence-corrected chi connectivity index (χ2v) is 5.53. The normalized spacial score (nSPS) is 23.1. The van der Waals surface area contributed by atoms with E-state index in [1.807, 2.05) is 30.3 Å². The number of aromatic nitrogens is 2. The summed E-state index contributed by atoms with van der Waals surface area (Å²) in [6, 6.07) is 9.97. The number of rotatable bonds is 3. The Morgan fingerprint density at radius 2 is 2.05 bits per heavy atom. The molecule has 4 nitrogen and oxygen atoms in total. The van der Waals surface area contributed by atoms with Gasteiger partial charge >= 0.3 is 0 Å². The summed E-state index contributed by atoms with van der Waals surface area (Å²) in [5.41, 5.74) is 0.988. The van der Waals surface area contributed by atoms with Gasteiger partial charge in [-0.05, 0) is 18.9 Å². The van der Waals surface area contributed by atoms with E-state index in [0.29, 0.717) is 11.7 Å². The van der Waals surface area contributed by atoms with Crippen LogP contribution in [0.15, 0.2) is 34.9 Å². The van der Waals surface area contributed by atoms with Crippen molar-refractivity contribution in [1.29, 1.82) is 0 Å². The minimum Gasteiger partial charge on any atom is -0.338 e. The van der Waals surface area contributed by atoms with Gasteiger partial charge in [0.15, 0.2) is 0 Å². The molecule has 1 aromatic carbocycles. The van der Waals surface area contributed by atoms with Crippen LogP contribution in [0.1, 0.15) is 26.2 Å². The quantitative estimate of drug-likeness (QED) is 0.918. The number of hydrogen-bond donors (Lipinski definition) is 1. The van der Waals surface area contributed by atoms with E-state index in [1.54, 1.807) is 0 Å². The minimum atomic E-state index is -0.0139. The molecule has 1 aromatic heterocycles. The Morgan fingerprint density at radius 3 is 2.68 bits per heavy atom. The second-order valence-electron chi connectivity index (χ2n) is 5.53. The fourth-order valence-electron chi connectivity index (χ4n) is 2.76. The fraction of sp³-hybridized carbons (Fsp3) is 0.467. The summed E-state index contributed by atoms with van der Waals surface area (Å²) in [6.45, 7) is 6.38. The van der Waals surface area contributed by atoms with Crippen LogP contribution in [-0.2, 0) is 5.41 Å². The van der Waals surface area contributed by atoms with Crippen LogP contribution >= 0.6 is 0 Å². The molecule has 0 amide bonds. The van der Waals surface area contributed by atoms with Crippen LogP contribution in [0.2, 0.25) is 0 Å². The Morgan fingerprint density at radius 1 is 1.26 bits per heavy atom. The smallest absolute Gasteiger partial charge is 0.234 e. The lowest BCUT2D eigenvalue weighted by Gasteiger charge is -2.27. The molecule has 100 valence electrons. The van der Waals surface area contributed by atoms with Crippen LogP contribution in [0.25, 0.3) is 11.4 Å². The zero-order valence-corrected chi connectivity index (χ0v) is 11.4. The highest BCUT2D eigenvalue weighted by Gasteiger charge is 2.43. The molecule has 3 rings (SSSR count). The van der Waals surface area contributed by atoms with Crippen molar-refractivity contribution < 1.29 is 4.52 Å². The first-order chi connectivity index (χ1) is 9.22. The molecule has 1 N–H and O–H groups in total. The summed E-state index contributed by atoms with van der Waals surface area (Å²) in [5, 5.41) is 7.56. The molecule has 0 aliphatic carbocycles. The molecule has 1 aliphatic rings. The predicted octanol–water partition coefficient (Wildman–Crippen LogP) is 2.62. The molecule has 1 fully saturated rings. The maximum atomic E-state index is 5.57. The van der Waals surface area contributed by atoms with E-state index in [-0.39, 0.29) is 5.41 Å². The van der Waals surface area contributed by atoms with Gasteiger partial charge in [0.1, 0.15) is 0 Å². The van der Waals surface area contributed by atoms with Crippen LogP contribution in [0.3, 0.4) is 0 Å². The van der Waals surface area contributed by atoms with Crippen LogP contribution < -0.4 is 5.32 Å². The first-order valence-corrected chi connectivity index (χ1v) is 6.83. The molecular weight excluding hydrogens is 238 g/mol. The van der Waals surface area contributed by atoms with Crippen molar-refractivity contribution in [3.63, 3.8) is 0 Å². The number of benzene rings is 1. The van der Waals surface area contributed by atoms with Crippen molar-refractivity contribution in [3.8, 4) is 11.4 Å². The molecule has 4 heteroatoms.